The maximum atomic E-state index is 9.60. The molecule has 14 heteroatoms. The molecule has 38 heavy (non-hydrogen) atoms. The highest BCUT2D eigenvalue weighted by Gasteiger charge is 1.91. The van der Waals surface area contributed by atoms with E-state index < -0.39 is 35.8 Å². The number of aliphatic carboxylic acids is 6. The SMILES string of the molecule is C=C(C)C(=O)O.C=C(C)C(=O)O.C=C(C)C(=O)O.C=C(C)C(=O)O.C=C(C)C(=O)[O-].C=C(C)C(=O)[O-].[NH4+].[NH4+]. The zero-order chi connectivity index (χ0) is 30.9. The van der Waals surface area contributed by atoms with Crippen molar-refractivity contribution in [3.05, 3.63) is 72.9 Å². The van der Waals surface area contributed by atoms with Gasteiger partial charge in [0.25, 0.3) is 0 Å². The van der Waals surface area contributed by atoms with E-state index in [9.17, 15) is 39.0 Å². The molecule has 14 nitrogen and oxygen atoms in total. The molecule has 0 aromatic rings. The van der Waals surface area contributed by atoms with Gasteiger partial charge >= 0.3 is 23.9 Å². The predicted octanol–water partition coefficient (Wildman–Crippen LogP) is 1.97. The summed E-state index contributed by atoms with van der Waals surface area (Å²) in [7, 11) is 0. The number of carbonyl (C=O) groups is 6. The Kier molecular flexibility index (Phi) is 45.9. The van der Waals surface area contributed by atoms with Crippen LogP contribution in [0.2, 0.25) is 0 Å². The zero-order valence-corrected chi connectivity index (χ0v) is 23.3. The fourth-order valence-corrected chi connectivity index (χ4v) is 0. The Bertz CT molecular complexity index is 627. The van der Waals surface area contributed by atoms with Gasteiger partial charge in [0.1, 0.15) is 0 Å². The van der Waals surface area contributed by atoms with Crippen LogP contribution in [0.1, 0.15) is 41.5 Å². The number of carboxylic acid groups (broad SMARTS) is 6. The van der Waals surface area contributed by atoms with Gasteiger partial charge in [-0.05, 0) is 52.7 Å². The van der Waals surface area contributed by atoms with Gasteiger partial charge in [-0.15, -0.1) is 0 Å². The van der Waals surface area contributed by atoms with Crippen LogP contribution in [0.15, 0.2) is 72.9 Å². The van der Waals surface area contributed by atoms with Crippen LogP contribution in [0.5, 0.6) is 0 Å². The number of carbonyl (C=O) groups excluding carboxylic acids is 2. The second-order valence-electron chi connectivity index (χ2n) is 6.48. The maximum Gasteiger partial charge on any atom is 0.330 e. The molecular weight excluding hydrogens is 508 g/mol. The predicted molar refractivity (Wildman–Crippen MR) is 141 cm³/mol. The molecule has 0 aromatic carbocycles. The lowest BCUT2D eigenvalue weighted by atomic mass is 10.4. The van der Waals surface area contributed by atoms with Crippen molar-refractivity contribution in [1.82, 2.24) is 12.3 Å². The average molecular weight is 551 g/mol. The molecule has 0 aliphatic heterocycles. The molecule has 0 saturated heterocycles. The van der Waals surface area contributed by atoms with Crippen molar-refractivity contribution < 1.29 is 59.4 Å². The van der Waals surface area contributed by atoms with Gasteiger partial charge in [-0.1, -0.05) is 39.5 Å². The lowest BCUT2D eigenvalue weighted by molar-refractivity contribution is -0.300. The van der Waals surface area contributed by atoms with E-state index in [4.69, 9.17) is 20.4 Å². The molecule has 0 aliphatic rings. The number of hydrogen-bond acceptors (Lipinski definition) is 8. The van der Waals surface area contributed by atoms with E-state index in [0.717, 1.165) is 0 Å². The van der Waals surface area contributed by atoms with Gasteiger partial charge in [0.05, 0.1) is 11.9 Å². The first kappa shape index (κ1) is 54.2. The molecule has 0 amide bonds. The van der Waals surface area contributed by atoms with Gasteiger partial charge in [-0.3, -0.25) is 0 Å². The Labute approximate surface area is 222 Å². The molecular formula is C24H42N2O12. The van der Waals surface area contributed by atoms with Crippen molar-refractivity contribution in [3.8, 4) is 0 Å². The van der Waals surface area contributed by atoms with Gasteiger partial charge in [0.15, 0.2) is 0 Å². The van der Waals surface area contributed by atoms with Crippen LogP contribution in [0.3, 0.4) is 0 Å². The molecule has 0 radical (unpaired) electrons. The van der Waals surface area contributed by atoms with Crippen LogP contribution in [0.25, 0.3) is 0 Å². The van der Waals surface area contributed by atoms with Crippen LogP contribution < -0.4 is 22.5 Å². The topological polar surface area (TPSA) is 302 Å². The average Bonchev–Trinajstić information content (AvgIpc) is 2.69. The standard InChI is InChI=1S/6C4H6O2.2H3N/c6*1-3(2)4(5)6;;/h6*1H2,2H3,(H,5,6);2*1H3. The van der Waals surface area contributed by atoms with E-state index >= 15 is 0 Å². The summed E-state index contributed by atoms with van der Waals surface area (Å²) in [6.07, 6.45) is 0. The summed E-state index contributed by atoms with van der Waals surface area (Å²) in [6, 6.07) is 0. The van der Waals surface area contributed by atoms with Crippen molar-refractivity contribution in [2.45, 2.75) is 41.5 Å². The third-order valence-corrected chi connectivity index (χ3v) is 2.16. The number of carboxylic acids is 6. The molecule has 220 valence electrons. The highest BCUT2D eigenvalue weighted by Crippen LogP contribution is 1.82. The molecule has 0 spiro atoms. The van der Waals surface area contributed by atoms with Gasteiger partial charge < -0.3 is 52.5 Å². The van der Waals surface area contributed by atoms with Crippen molar-refractivity contribution >= 4 is 35.8 Å². The second-order valence-corrected chi connectivity index (χ2v) is 6.48. The third kappa shape index (κ3) is 77.2. The van der Waals surface area contributed by atoms with Gasteiger partial charge in [0.2, 0.25) is 0 Å². The molecule has 0 bridgehead atoms. The summed E-state index contributed by atoms with van der Waals surface area (Å²) in [5, 5.41) is 50.5. The minimum Gasteiger partial charge on any atom is -0.545 e. The Balaban J connectivity index is -0.0000000469. The monoisotopic (exact) mass is 550 g/mol. The quantitative estimate of drug-likeness (QED) is 0.258. The third-order valence-electron chi connectivity index (χ3n) is 2.16. The maximum absolute atomic E-state index is 9.60. The number of quaternary nitrogens is 2. The fourth-order valence-electron chi connectivity index (χ4n) is 0. The Morgan fingerprint density at radius 1 is 0.395 bits per heavy atom. The molecule has 0 rings (SSSR count). The van der Waals surface area contributed by atoms with Crippen molar-refractivity contribution in [1.29, 1.82) is 0 Å². The normalized spacial score (nSPS) is 7.11. The lowest BCUT2D eigenvalue weighted by Crippen LogP contribution is -2.22. The van der Waals surface area contributed by atoms with E-state index in [1.165, 1.54) is 41.5 Å². The van der Waals surface area contributed by atoms with Gasteiger partial charge in [-0.2, -0.15) is 0 Å². The minimum absolute atomic E-state index is 0. The number of hydrogen-bond donors (Lipinski definition) is 6. The van der Waals surface area contributed by atoms with E-state index in [0.29, 0.717) is 0 Å². The van der Waals surface area contributed by atoms with Gasteiger partial charge in [-0.25, -0.2) is 19.2 Å². The van der Waals surface area contributed by atoms with E-state index in [1.54, 1.807) is 0 Å². The first-order valence-corrected chi connectivity index (χ1v) is 9.15. The molecule has 0 unspecified atom stereocenters. The van der Waals surface area contributed by atoms with Crippen LogP contribution in [-0.4, -0.2) is 56.2 Å². The smallest absolute Gasteiger partial charge is 0.330 e. The summed E-state index contributed by atoms with van der Waals surface area (Å²) in [4.78, 5) is 57.4. The Hall–Kier alpha value is -4.82. The van der Waals surface area contributed by atoms with E-state index in [-0.39, 0.29) is 45.7 Å². The van der Waals surface area contributed by atoms with Crippen molar-refractivity contribution in [2.24, 2.45) is 0 Å². The minimum atomic E-state index is -1.19. The van der Waals surface area contributed by atoms with Crippen LogP contribution in [0, 0.1) is 0 Å². The highest BCUT2D eigenvalue weighted by atomic mass is 16.4. The Morgan fingerprint density at radius 2 is 0.447 bits per heavy atom. The van der Waals surface area contributed by atoms with Gasteiger partial charge in [0, 0.05) is 22.3 Å². The first-order chi connectivity index (χ1) is 15.9. The molecule has 12 N–H and O–H groups in total. The zero-order valence-electron chi connectivity index (χ0n) is 23.3. The summed E-state index contributed by atoms with van der Waals surface area (Å²) in [5.41, 5.74) is 0.833. The summed E-state index contributed by atoms with van der Waals surface area (Å²) in [5.74, 6) is -6.11. The van der Waals surface area contributed by atoms with E-state index in [2.05, 4.69) is 39.5 Å². The van der Waals surface area contributed by atoms with Crippen molar-refractivity contribution in [3.63, 3.8) is 0 Å². The Morgan fingerprint density at radius 3 is 0.447 bits per heavy atom. The van der Waals surface area contributed by atoms with Crippen LogP contribution >= 0.6 is 0 Å². The van der Waals surface area contributed by atoms with Crippen LogP contribution in [-0.2, 0) is 28.8 Å². The summed E-state index contributed by atoms with van der Waals surface area (Å²) < 4.78 is 0. The molecule has 0 aliphatic carbocycles. The first-order valence-electron chi connectivity index (χ1n) is 9.15. The summed E-state index contributed by atoms with van der Waals surface area (Å²) >= 11 is 0. The number of rotatable bonds is 6. The molecule has 0 aromatic heterocycles. The summed E-state index contributed by atoms with van der Waals surface area (Å²) in [6.45, 7) is 27.4. The van der Waals surface area contributed by atoms with E-state index in [1.807, 2.05) is 0 Å². The molecule has 0 saturated carbocycles. The molecule has 0 fully saturated rings. The highest BCUT2D eigenvalue weighted by molar-refractivity contribution is 5.86. The van der Waals surface area contributed by atoms with Crippen LogP contribution in [0.4, 0.5) is 0 Å². The van der Waals surface area contributed by atoms with Crippen molar-refractivity contribution in [2.75, 3.05) is 0 Å². The fraction of sp³-hybridized carbons (Fsp3) is 0.250. The molecule has 0 heterocycles. The largest absolute Gasteiger partial charge is 0.545 e. The molecule has 0 atom stereocenters. The lowest BCUT2D eigenvalue weighted by Gasteiger charge is -1.93. The second kappa shape index (κ2) is 32.2.